The van der Waals surface area contributed by atoms with E-state index in [2.05, 4.69) is 20.5 Å². The number of benzene rings is 3. The van der Waals surface area contributed by atoms with Crippen molar-refractivity contribution < 1.29 is 39.9 Å². The van der Waals surface area contributed by atoms with Gasteiger partial charge in [-0.15, -0.1) is 0 Å². The first-order valence-corrected chi connectivity index (χ1v) is 13.8. The molecule has 5 rings (SSSR count). The molecular formula is C30H29Br2F2N3O2. The molecule has 0 bridgehead atoms. The molecule has 0 unspecified atom stereocenters. The van der Waals surface area contributed by atoms with Crippen molar-refractivity contribution >= 4 is 38.5 Å². The molecule has 4 aromatic rings. The number of carbonyl (C=O) groups excluding carboxylic acids is 2. The molecule has 3 aromatic carbocycles. The van der Waals surface area contributed by atoms with E-state index in [0.717, 1.165) is 66.4 Å². The predicted molar refractivity (Wildman–Crippen MR) is 145 cm³/mol. The molecule has 0 aliphatic carbocycles. The summed E-state index contributed by atoms with van der Waals surface area (Å²) in [7, 11) is 0. The Hall–Kier alpha value is -2.91. The Bertz CT molecular complexity index is 1480. The average molecular weight is 661 g/mol. The van der Waals surface area contributed by atoms with E-state index in [-0.39, 0.29) is 28.8 Å². The molecule has 0 spiro atoms. The Morgan fingerprint density at radius 3 is 2.26 bits per heavy atom. The fourth-order valence-electron chi connectivity index (χ4n) is 5.10. The van der Waals surface area contributed by atoms with Crippen LogP contribution in [0.2, 0.25) is 0 Å². The van der Waals surface area contributed by atoms with Gasteiger partial charge in [-0.05, 0) is 55.0 Å². The third kappa shape index (κ3) is 6.47. The van der Waals surface area contributed by atoms with Crippen LogP contribution in [0.1, 0.15) is 64.8 Å². The number of nitrogens with zero attached hydrogens (tertiary/aromatic N) is 3. The first-order valence-electron chi connectivity index (χ1n) is 13.0. The smallest absolute Gasteiger partial charge is 0.261 e. The Morgan fingerprint density at radius 2 is 1.51 bits per heavy atom. The lowest BCUT2D eigenvalue weighted by Crippen LogP contribution is -3.00. The molecule has 2 amide bonds. The number of carbonyl (C=O) groups is 2. The molecule has 5 nitrogen and oxygen atoms in total. The van der Waals surface area contributed by atoms with Gasteiger partial charge in [0.05, 0.1) is 6.54 Å². The van der Waals surface area contributed by atoms with E-state index in [4.69, 9.17) is 0 Å². The molecule has 9 heteroatoms. The van der Waals surface area contributed by atoms with Gasteiger partial charge in [0.25, 0.3) is 11.8 Å². The maximum atomic E-state index is 13.9. The van der Waals surface area contributed by atoms with E-state index >= 15 is 0 Å². The fraction of sp³-hybridized carbons (Fsp3) is 0.300. The quantitative estimate of drug-likeness (QED) is 0.140. The monoisotopic (exact) mass is 659 g/mol. The highest BCUT2D eigenvalue weighted by Gasteiger charge is 2.32. The summed E-state index contributed by atoms with van der Waals surface area (Å²) in [5.41, 5.74) is 1.64. The van der Waals surface area contributed by atoms with E-state index < -0.39 is 11.6 Å². The van der Waals surface area contributed by atoms with Gasteiger partial charge in [0.2, 0.25) is 6.33 Å². The zero-order chi connectivity index (χ0) is 26.6. The summed E-state index contributed by atoms with van der Waals surface area (Å²) in [6.45, 7) is 1.66. The predicted octanol–water partition coefficient (Wildman–Crippen LogP) is 3.66. The van der Waals surface area contributed by atoms with Gasteiger partial charge in [0.15, 0.2) is 0 Å². The van der Waals surface area contributed by atoms with Crippen molar-refractivity contribution in [3.05, 3.63) is 100 Å². The minimum absolute atomic E-state index is 0. The number of imidazole rings is 1. The second kappa shape index (κ2) is 13.0. The highest BCUT2D eigenvalue weighted by Crippen LogP contribution is 2.34. The van der Waals surface area contributed by atoms with Crippen LogP contribution in [0.5, 0.6) is 0 Å². The largest absolute Gasteiger partial charge is 1.00 e. The molecule has 0 saturated heterocycles. The van der Waals surface area contributed by atoms with Crippen LogP contribution in [-0.2, 0) is 13.1 Å². The first-order chi connectivity index (χ1) is 18.4. The number of hydrogen-bond acceptors (Lipinski definition) is 2. The van der Waals surface area contributed by atoms with E-state index in [1.54, 1.807) is 12.1 Å². The van der Waals surface area contributed by atoms with Gasteiger partial charge in [-0.3, -0.25) is 14.5 Å². The van der Waals surface area contributed by atoms with E-state index in [9.17, 15) is 18.4 Å². The molecule has 1 aromatic heterocycles. The molecule has 0 radical (unpaired) electrons. The van der Waals surface area contributed by atoms with E-state index in [1.807, 2.05) is 41.5 Å². The van der Waals surface area contributed by atoms with Gasteiger partial charge < -0.3 is 17.0 Å². The number of aryl methyl sites for hydroxylation is 1. The third-order valence-electron chi connectivity index (χ3n) is 7.10. The van der Waals surface area contributed by atoms with Crippen molar-refractivity contribution in [1.82, 2.24) is 9.47 Å². The van der Waals surface area contributed by atoms with E-state index in [0.29, 0.717) is 29.8 Å². The first kappa shape index (κ1) is 29.1. The summed E-state index contributed by atoms with van der Waals surface area (Å²) < 4.78 is 31.8. The zero-order valence-corrected chi connectivity index (χ0v) is 24.6. The summed E-state index contributed by atoms with van der Waals surface area (Å²) >= 11 is 3.52. The molecule has 2 heterocycles. The number of hydrogen-bond donors (Lipinski definition) is 0. The van der Waals surface area contributed by atoms with Gasteiger partial charge in [-0.25, -0.2) is 17.9 Å². The Kier molecular flexibility index (Phi) is 9.67. The third-order valence-corrected chi connectivity index (χ3v) is 7.79. The highest BCUT2D eigenvalue weighted by molar-refractivity contribution is 9.10. The van der Waals surface area contributed by atoms with Crippen LogP contribution in [-0.4, -0.2) is 27.8 Å². The zero-order valence-electron chi connectivity index (χ0n) is 21.4. The summed E-state index contributed by atoms with van der Waals surface area (Å²) in [5, 5.41) is 1.63. The summed E-state index contributed by atoms with van der Waals surface area (Å²) in [4.78, 5) is 27.5. The van der Waals surface area contributed by atoms with Crippen LogP contribution in [0.15, 0.2) is 71.7 Å². The summed E-state index contributed by atoms with van der Waals surface area (Å²) in [6, 6.07) is 12.9. The molecule has 0 atom stereocenters. The van der Waals surface area contributed by atoms with Gasteiger partial charge >= 0.3 is 0 Å². The van der Waals surface area contributed by atoms with Crippen LogP contribution in [0.4, 0.5) is 8.78 Å². The van der Waals surface area contributed by atoms with Crippen molar-refractivity contribution in [3.63, 3.8) is 0 Å². The van der Waals surface area contributed by atoms with E-state index in [1.165, 1.54) is 17.0 Å². The molecule has 204 valence electrons. The Morgan fingerprint density at radius 1 is 0.821 bits per heavy atom. The number of aromatic nitrogens is 2. The van der Waals surface area contributed by atoms with Crippen LogP contribution in [0.25, 0.3) is 10.8 Å². The normalized spacial score (nSPS) is 12.7. The minimum atomic E-state index is -0.570. The lowest BCUT2D eigenvalue weighted by Gasteiger charge is -2.27. The highest BCUT2D eigenvalue weighted by atomic mass is 79.9. The number of amides is 2. The van der Waals surface area contributed by atoms with Crippen molar-refractivity contribution in [3.8, 4) is 0 Å². The lowest BCUT2D eigenvalue weighted by molar-refractivity contribution is -0.688. The van der Waals surface area contributed by atoms with Crippen LogP contribution >= 0.6 is 15.9 Å². The van der Waals surface area contributed by atoms with Crippen molar-refractivity contribution in [2.24, 2.45) is 0 Å². The average Bonchev–Trinajstić information content (AvgIpc) is 3.35. The molecule has 0 fully saturated rings. The van der Waals surface area contributed by atoms with Gasteiger partial charge in [0, 0.05) is 39.2 Å². The number of rotatable bonds is 11. The van der Waals surface area contributed by atoms with Gasteiger partial charge in [0.1, 0.15) is 30.6 Å². The minimum Gasteiger partial charge on any atom is -1.00 e. The molecule has 0 N–H and O–H groups in total. The van der Waals surface area contributed by atoms with Crippen LogP contribution in [0, 0.1) is 11.6 Å². The maximum absolute atomic E-state index is 13.9. The SMILES string of the molecule is O=C1c2cccc3c(Br)ccc(c23)C(=O)N1CCCCCCCCn1cc[n+](Cc2ccc(F)cc2F)c1.[Br-]. The number of halogens is 4. The maximum Gasteiger partial charge on any atom is 0.261 e. The standard InChI is InChI=1S/C30H29BrF2N3O2.BrH/c31-26-13-12-25-28-23(26)8-7-9-24(28)29(37)36(30(25)38)15-6-4-2-1-3-5-14-34-16-17-35(20-34)19-21-10-11-22(32)18-27(21)33;/h7-13,16-18,20H,1-6,14-15,19H2;1H/q+1;/p-1. The van der Waals surface area contributed by atoms with Gasteiger partial charge in [-0.2, -0.15) is 0 Å². The second-order valence-corrected chi connectivity index (χ2v) is 10.6. The molecule has 39 heavy (non-hydrogen) atoms. The lowest BCUT2D eigenvalue weighted by atomic mass is 9.94. The molecular weight excluding hydrogens is 632 g/mol. The van der Waals surface area contributed by atoms with Crippen molar-refractivity contribution in [2.75, 3.05) is 6.54 Å². The summed E-state index contributed by atoms with van der Waals surface area (Å²) in [5.74, 6) is -1.52. The van der Waals surface area contributed by atoms with Gasteiger partial charge in [-0.1, -0.05) is 47.3 Å². The van der Waals surface area contributed by atoms with Crippen molar-refractivity contribution in [1.29, 1.82) is 0 Å². The Balaban J connectivity index is 0.00000353. The number of unbranched alkanes of at least 4 members (excludes halogenated alkanes) is 5. The fourth-order valence-corrected chi connectivity index (χ4v) is 5.56. The Labute approximate surface area is 245 Å². The second-order valence-electron chi connectivity index (χ2n) is 9.77. The molecule has 1 aliphatic rings. The summed E-state index contributed by atoms with van der Waals surface area (Å²) in [6.07, 6.45) is 11.8. The molecule has 1 aliphatic heterocycles. The van der Waals surface area contributed by atoms with Crippen LogP contribution < -0.4 is 21.5 Å². The number of imide groups is 1. The van der Waals surface area contributed by atoms with Crippen LogP contribution in [0.3, 0.4) is 0 Å². The topological polar surface area (TPSA) is 46.2 Å². The molecule has 0 saturated carbocycles. The van der Waals surface area contributed by atoms with Crippen molar-refractivity contribution in [2.45, 2.75) is 51.6 Å².